The van der Waals surface area contributed by atoms with E-state index in [1.807, 2.05) is 0 Å². The zero-order valence-corrected chi connectivity index (χ0v) is 9.41. The van der Waals surface area contributed by atoms with Crippen molar-refractivity contribution in [2.45, 2.75) is 6.92 Å². The number of anilines is 1. The van der Waals surface area contributed by atoms with Crippen LogP contribution < -0.4 is 5.32 Å². The number of aromatic nitrogens is 5. The molecule has 8 heteroatoms. The lowest BCUT2D eigenvalue weighted by Gasteiger charge is -2.00. The summed E-state index contributed by atoms with van der Waals surface area (Å²) < 4.78 is 1.44. The van der Waals surface area contributed by atoms with E-state index in [9.17, 15) is 4.79 Å². The summed E-state index contributed by atoms with van der Waals surface area (Å²) in [6.45, 7) is 1.71. The number of carbonyl (C=O) groups is 1. The molecule has 0 aliphatic carbocycles. The monoisotopic (exact) mass is 240 g/mol. The topological polar surface area (TPSA) is 88.5 Å². The molecule has 0 spiro atoms. The van der Waals surface area contributed by atoms with E-state index in [0.29, 0.717) is 11.3 Å². The average Bonchev–Trinajstić information content (AvgIpc) is 2.77. The van der Waals surface area contributed by atoms with Crippen molar-refractivity contribution < 1.29 is 4.79 Å². The van der Waals surface area contributed by atoms with Gasteiger partial charge in [-0.05, 0) is 6.92 Å². The first-order valence-electron chi connectivity index (χ1n) is 4.45. The fourth-order valence-corrected chi connectivity index (χ4v) is 1.58. The third kappa shape index (κ3) is 1.76. The van der Waals surface area contributed by atoms with E-state index >= 15 is 0 Å². The molecule has 0 aliphatic heterocycles. The number of H-pyrrole nitrogens is 1. The quantitative estimate of drug-likeness (QED) is 0.811. The van der Waals surface area contributed by atoms with Gasteiger partial charge >= 0.3 is 0 Å². The second kappa shape index (κ2) is 3.93. The Bertz CT molecular complexity index is 517. The van der Waals surface area contributed by atoms with Gasteiger partial charge in [-0.2, -0.15) is 15.2 Å². The fourth-order valence-electron chi connectivity index (χ4n) is 1.32. The van der Waals surface area contributed by atoms with E-state index in [2.05, 4.69) is 25.6 Å². The smallest absolute Gasteiger partial charge is 0.263 e. The van der Waals surface area contributed by atoms with Crippen LogP contribution in [0, 0.1) is 6.92 Å². The van der Waals surface area contributed by atoms with Crippen LogP contribution in [-0.4, -0.2) is 30.9 Å². The highest BCUT2D eigenvalue weighted by molar-refractivity contribution is 6.33. The Morgan fingerprint density at radius 1 is 1.62 bits per heavy atom. The Kier molecular flexibility index (Phi) is 2.61. The van der Waals surface area contributed by atoms with Gasteiger partial charge in [0, 0.05) is 7.05 Å². The number of nitrogens with zero attached hydrogens (tertiary/aromatic N) is 4. The predicted octanol–water partition coefficient (Wildman–Crippen LogP) is 0.752. The van der Waals surface area contributed by atoms with Gasteiger partial charge in [-0.1, -0.05) is 11.6 Å². The number of hydrogen-bond donors (Lipinski definition) is 2. The minimum Gasteiger partial charge on any atom is -0.291 e. The van der Waals surface area contributed by atoms with Crippen LogP contribution in [0.25, 0.3) is 0 Å². The molecule has 0 bridgehead atoms. The van der Waals surface area contributed by atoms with Gasteiger partial charge in [0.1, 0.15) is 11.5 Å². The van der Waals surface area contributed by atoms with Gasteiger partial charge in [-0.15, -0.1) is 0 Å². The van der Waals surface area contributed by atoms with Crippen molar-refractivity contribution in [1.29, 1.82) is 0 Å². The molecule has 0 fully saturated rings. The molecule has 7 nitrogen and oxygen atoms in total. The summed E-state index contributed by atoms with van der Waals surface area (Å²) in [5, 5.41) is 13.0. The molecule has 0 unspecified atom stereocenters. The minimum atomic E-state index is -0.368. The van der Waals surface area contributed by atoms with Gasteiger partial charge in [-0.25, -0.2) is 5.10 Å². The van der Waals surface area contributed by atoms with Crippen LogP contribution in [0.3, 0.4) is 0 Å². The van der Waals surface area contributed by atoms with E-state index in [0.717, 1.165) is 0 Å². The molecule has 0 atom stereocenters. The fraction of sp³-hybridized carbons (Fsp3) is 0.250. The maximum absolute atomic E-state index is 11.8. The molecule has 2 aromatic heterocycles. The van der Waals surface area contributed by atoms with E-state index in [1.165, 1.54) is 11.0 Å². The molecule has 2 rings (SSSR count). The zero-order chi connectivity index (χ0) is 11.7. The molecular weight excluding hydrogens is 232 g/mol. The molecule has 0 aliphatic rings. The first-order chi connectivity index (χ1) is 7.59. The number of hydrogen-bond acceptors (Lipinski definition) is 4. The van der Waals surface area contributed by atoms with E-state index in [4.69, 9.17) is 11.6 Å². The van der Waals surface area contributed by atoms with Crippen molar-refractivity contribution in [3.63, 3.8) is 0 Å². The Hall–Kier alpha value is -1.89. The Labute approximate surface area is 95.8 Å². The predicted molar refractivity (Wildman–Crippen MR) is 57.3 cm³/mol. The zero-order valence-electron chi connectivity index (χ0n) is 8.65. The molecule has 0 saturated heterocycles. The van der Waals surface area contributed by atoms with Crippen molar-refractivity contribution >= 4 is 23.5 Å². The minimum absolute atomic E-state index is 0.268. The standard InChI is InChI=1S/C8H9ClN6O/c1-4-5(6(9)15(2)14-4)7(16)12-8-10-3-11-13-8/h3H,1-2H3,(H2,10,11,12,13,16). The number of aryl methyl sites for hydroxylation is 2. The number of aromatic amines is 1. The lowest BCUT2D eigenvalue weighted by atomic mass is 10.2. The molecule has 16 heavy (non-hydrogen) atoms. The van der Waals surface area contributed by atoms with Crippen LogP contribution >= 0.6 is 11.6 Å². The van der Waals surface area contributed by atoms with Gasteiger partial charge in [0.05, 0.1) is 11.3 Å². The summed E-state index contributed by atoms with van der Waals surface area (Å²) in [5.41, 5.74) is 0.894. The Morgan fingerprint density at radius 3 is 2.88 bits per heavy atom. The molecular formula is C8H9ClN6O. The summed E-state index contributed by atoms with van der Waals surface area (Å²) in [4.78, 5) is 15.6. The van der Waals surface area contributed by atoms with Crippen molar-refractivity contribution in [2.24, 2.45) is 7.05 Å². The van der Waals surface area contributed by atoms with E-state index in [-0.39, 0.29) is 17.0 Å². The van der Waals surface area contributed by atoms with Crippen LogP contribution in [0.1, 0.15) is 16.1 Å². The highest BCUT2D eigenvalue weighted by atomic mass is 35.5. The molecule has 2 N–H and O–H groups in total. The molecule has 1 amide bonds. The average molecular weight is 241 g/mol. The first kappa shape index (κ1) is 10.6. The number of carbonyl (C=O) groups excluding carboxylic acids is 1. The number of halogens is 1. The number of amides is 1. The van der Waals surface area contributed by atoms with Crippen LogP contribution in [0.15, 0.2) is 6.33 Å². The highest BCUT2D eigenvalue weighted by Gasteiger charge is 2.19. The second-order valence-electron chi connectivity index (χ2n) is 3.16. The molecule has 0 aromatic carbocycles. The van der Waals surface area contributed by atoms with Crippen molar-refractivity contribution in [2.75, 3.05) is 5.32 Å². The second-order valence-corrected chi connectivity index (χ2v) is 3.52. The summed E-state index contributed by atoms with van der Waals surface area (Å²) >= 11 is 5.94. The van der Waals surface area contributed by atoms with Crippen LogP contribution in [0.4, 0.5) is 5.95 Å². The van der Waals surface area contributed by atoms with Crippen molar-refractivity contribution in [3.05, 3.63) is 22.7 Å². The lowest BCUT2D eigenvalue weighted by molar-refractivity contribution is 0.102. The van der Waals surface area contributed by atoms with E-state index in [1.54, 1.807) is 14.0 Å². The summed E-state index contributed by atoms with van der Waals surface area (Å²) in [5.74, 6) is -0.100. The third-order valence-corrected chi connectivity index (χ3v) is 2.46. The first-order valence-corrected chi connectivity index (χ1v) is 4.83. The number of rotatable bonds is 2. The largest absolute Gasteiger partial charge is 0.291 e. The summed E-state index contributed by atoms with van der Waals surface area (Å²) in [6.07, 6.45) is 1.30. The molecule has 2 aromatic rings. The van der Waals surface area contributed by atoms with Crippen LogP contribution in [0.5, 0.6) is 0 Å². The maximum atomic E-state index is 11.8. The van der Waals surface area contributed by atoms with Crippen LogP contribution in [-0.2, 0) is 7.05 Å². The van der Waals surface area contributed by atoms with Crippen molar-refractivity contribution in [1.82, 2.24) is 25.0 Å². The number of nitrogens with one attached hydrogen (secondary N) is 2. The molecule has 2 heterocycles. The van der Waals surface area contributed by atoms with E-state index < -0.39 is 0 Å². The molecule has 0 saturated carbocycles. The highest BCUT2D eigenvalue weighted by Crippen LogP contribution is 2.19. The molecule has 84 valence electrons. The van der Waals surface area contributed by atoms with Gasteiger partial charge in [0.25, 0.3) is 5.91 Å². The Balaban J connectivity index is 2.27. The SMILES string of the molecule is Cc1nn(C)c(Cl)c1C(=O)Nc1ncn[nH]1. The molecule has 0 radical (unpaired) electrons. The summed E-state index contributed by atoms with van der Waals surface area (Å²) in [6, 6.07) is 0. The Morgan fingerprint density at radius 2 is 2.38 bits per heavy atom. The maximum Gasteiger partial charge on any atom is 0.263 e. The normalized spacial score (nSPS) is 10.4. The summed E-state index contributed by atoms with van der Waals surface area (Å²) in [7, 11) is 1.67. The van der Waals surface area contributed by atoms with Gasteiger partial charge in [-0.3, -0.25) is 14.8 Å². The van der Waals surface area contributed by atoms with Gasteiger partial charge < -0.3 is 0 Å². The third-order valence-electron chi connectivity index (χ3n) is 2.03. The van der Waals surface area contributed by atoms with Gasteiger partial charge in [0.15, 0.2) is 0 Å². The van der Waals surface area contributed by atoms with Crippen molar-refractivity contribution in [3.8, 4) is 0 Å². The van der Waals surface area contributed by atoms with Gasteiger partial charge in [0.2, 0.25) is 5.95 Å². The lowest BCUT2D eigenvalue weighted by Crippen LogP contribution is -2.14. The van der Waals surface area contributed by atoms with Crippen LogP contribution in [0.2, 0.25) is 5.15 Å².